The van der Waals surface area contributed by atoms with Gasteiger partial charge < -0.3 is 5.11 Å². The number of carbonyl (C=O) groups is 1. The van der Waals surface area contributed by atoms with Gasteiger partial charge in [-0.15, -0.1) is 0 Å². The molecule has 0 spiro atoms. The minimum atomic E-state index is -0.914. The first-order valence-electron chi connectivity index (χ1n) is 7.87. The molecular formula is C19H17N3O2. The fraction of sp³-hybridized carbons (Fsp3) is 0.158. The zero-order chi connectivity index (χ0) is 16.5. The van der Waals surface area contributed by atoms with Crippen LogP contribution in [-0.2, 0) is 19.6 Å². The first-order chi connectivity index (χ1) is 11.7. The van der Waals surface area contributed by atoms with E-state index in [9.17, 15) is 4.79 Å². The number of nitrogens with one attached hydrogen (secondary N) is 1. The highest BCUT2D eigenvalue weighted by Gasteiger charge is 2.25. The predicted octanol–water partition coefficient (Wildman–Crippen LogP) is 3.29. The van der Waals surface area contributed by atoms with Gasteiger partial charge in [-0.05, 0) is 17.7 Å². The molecule has 0 radical (unpaired) electrons. The Morgan fingerprint density at radius 3 is 2.54 bits per heavy atom. The van der Waals surface area contributed by atoms with Crippen LogP contribution in [-0.4, -0.2) is 26.2 Å². The third-order valence-electron chi connectivity index (χ3n) is 4.37. The molecule has 0 amide bonds. The lowest BCUT2D eigenvalue weighted by molar-refractivity contribution is 0.0697. The molecule has 24 heavy (non-hydrogen) atoms. The van der Waals surface area contributed by atoms with Gasteiger partial charge in [0.1, 0.15) is 0 Å². The van der Waals surface area contributed by atoms with Gasteiger partial charge in [0, 0.05) is 30.8 Å². The minimum Gasteiger partial charge on any atom is -0.478 e. The summed E-state index contributed by atoms with van der Waals surface area (Å²) in [5, 5.41) is 16.6. The monoisotopic (exact) mass is 319 g/mol. The number of carboxylic acids is 1. The molecule has 1 aliphatic rings. The van der Waals surface area contributed by atoms with Crippen LogP contribution in [0.2, 0.25) is 0 Å². The normalized spacial score (nSPS) is 13.8. The molecule has 0 saturated heterocycles. The summed E-state index contributed by atoms with van der Waals surface area (Å²) >= 11 is 0. The van der Waals surface area contributed by atoms with E-state index in [0.717, 1.165) is 36.6 Å². The Labute approximate surface area is 139 Å². The van der Waals surface area contributed by atoms with Crippen molar-refractivity contribution < 1.29 is 9.90 Å². The number of aromatic amines is 1. The van der Waals surface area contributed by atoms with E-state index in [-0.39, 0.29) is 5.56 Å². The SMILES string of the molecule is O=C(O)c1ccc(-c2n[nH]c3c2CN(Cc2ccccc2)C3)cc1. The maximum Gasteiger partial charge on any atom is 0.335 e. The first kappa shape index (κ1) is 14.7. The number of hydrogen-bond acceptors (Lipinski definition) is 3. The van der Waals surface area contributed by atoms with Crippen molar-refractivity contribution in [3.63, 3.8) is 0 Å². The van der Waals surface area contributed by atoms with Gasteiger partial charge in [-0.25, -0.2) is 4.79 Å². The summed E-state index contributed by atoms with van der Waals surface area (Å²) in [7, 11) is 0. The van der Waals surface area contributed by atoms with Crippen molar-refractivity contribution in [2.24, 2.45) is 0 Å². The van der Waals surface area contributed by atoms with E-state index in [1.807, 2.05) is 18.2 Å². The molecule has 5 heteroatoms. The van der Waals surface area contributed by atoms with Crippen LogP contribution < -0.4 is 0 Å². The molecule has 0 saturated carbocycles. The van der Waals surface area contributed by atoms with Crippen molar-refractivity contribution in [2.75, 3.05) is 0 Å². The Bertz CT molecular complexity index is 869. The molecule has 5 nitrogen and oxygen atoms in total. The summed E-state index contributed by atoms with van der Waals surface area (Å²) in [6.07, 6.45) is 0. The molecule has 120 valence electrons. The number of H-pyrrole nitrogens is 1. The topological polar surface area (TPSA) is 69.2 Å². The van der Waals surface area contributed by atoms with E-state index in [2.05, 4.69) is 39.4 Å². The molecule has 0 bridgehead atoms. The average Bonchev–Trinajstić information content (AvgIpc) is 3.16. The van der Waals surface area contributed by atoms with Gasteiger partial charge in [0.15, 0.2) is 0 Å². The molecule has 3 aromatic rings. The molecule has 0 atom stereocenters. The second-order valence-corrected chi connectivity index (χ2v) is 6.04. The predicted molar refractivity (Wildman–Crippen MR) is 90.4 cm³/mol. The standard InChI is InChI=1S/C19H17N3O2/c23-19(24)15-8-6-14(7-9-15)18-16-11-22(12-17(16)20-21-18)10-13-4-2-1-3-5-13/h1-9H,10-12H2,(H,20,21)(H,23,24). The van der Waals surface area contributed by atoms with Crippen LogP contribution in [0, 0.1) is 0 Å². The first-order valence-corrected chi connectivity index (χ1v) is 7.87. The summed E-state index contributed by atoms with van der Waals surface area (Å²) < 4.78 is 0. The van der Waals surface area contributed by atoms with E-state index in [0.29, 0.717) is 0 Å². The largest absolute Gasteiger partial charge is 0.478 e. The van der Waals surface area contributed by atoms with Gasteiger partial charge in [-0.1, -0.05) is 42.5 Å². The van der Waals surface area contributed by atoms with Gasteiger partial charge in [-0.2, -0.15) is 5.10 Å². The highest BCUT2D eigenvalue weighted by molar-refractivity contribution is 5.88. The molecule has 2 aromatic carbocycles. The molecule has 4 rings (SSSR count). The summed E-state index contributed by atoms with van der Waals surface area (Å²) in [6.45, 7) is 2.60. The van der Waals surface area contributed by atoms with Crippen molar-refractivity contribution in [1.29, 1.82) is 0 Å². The lowest BCUT2D eigenvalue weighted by Gasteiger charge is -2.15. The minimum absolute atomic E-state index is 0.289. The Kier molecular flexibility index (Phi) is 3.63. The maximum absolute atomic E-state index is 11.0. The van der Waals surface area contributed by atoms with Crippen molar-refractivity contribution in [3.8, 4) is 11.3 Å². The second kappa shape index (κ2) is 5.94. The molecule has 0 fully saturated rings. The summed E-state index contributed by atoms with van der Waals surface area (Å²) in [6, 6.07) is 17.3. The number of fused-ring (bicyclic) bond motifs is 1. The number of nitrogens with zero attached hydrogens (tertiary/aromatic N) is 2. The Morgan fingerprint density at radius 2 is 1.83 bits per heavy atom. The number of benzene rings is 2. The number of aromatic carboxylic acids is 1. The molecule has 2 N–H and O–H groups in total. The number of carboxylic acid groups (broad SMARTS) is 1. The highest BCUT2D eigenvalue weighted by atomic mass is 16.4. The van der Waals surface area contributed by atoms with E-state index in [1.54, 1.807) is 12.1 Å². The number of hydrogen-bond donors (Lipinski definition) is 2. The van der Waals surface area contributed by atoms with Crippen LogP contribution in [0.15, 0.2) is 54.6 Å². The van der Waals surface area contributed by atoms with Crippen LogP contribution in [0.4, 0.5) is 0 Å². The van der Waals surface area contributed by atoms with E-state index < -0.39 is 5.97 Å². The van der Waals surface area contributed by atoms with Crippen LogP contribution in [0.1, 0.15) is 27.2 Å². The van der Waals surface area contributed by atoms with Crippen molar-refractivity contribution in [3.05, 3.63) is 77.0 Å². The van der Waals surface area contributed by atoms with Crippen molar-refractivity contribution in [2.45, 2.75) is 19.6 Å². The molecule has 2 heterocycles. The van der Waals surface area contributed by atoms with E-state index in [1.165, 1.54) is 11.1 Å². The third-order valence-corrected chi connectivity index (χ3v) is 4.37. The summed E-state index contributed by atoms with van der Waals surface area (Å²) in [5.74, 6) is -0.914. The second-order valence-electron chi connectivity index (χ2n) is 6.04. The zero-order valence-electron chi connectivity index (χ0n) is 13.1. The molecular weight excluding hydrogens is 302 g/mol. The average molecular weight is 319 g/mol. The fourth-order valence-electron chi connectivity index (χ4n) is 3.17. The molecule has 1 aliphatic heterocycles. The molecule has 1 aromatic heterocycles. The third kappa shape index (κ3) is 2.70. The Balaban J connectivity index is 1.55. The lowest BCUT2D eigenvalue weighted by Crippen LogP contribution is -2.16. The highest BCUT2D eigenvalue weighted by Crippen LogP contribution is 2.31. The van der Waals surface area contributed by atoms with Crippen LogP contribution >= 0.6 is 0 Å². The molecule has 0 unspecified atom stereocenters. The van der Waals surface area contributed by atoms with Crippen molar-refractivity contribution >= 4 is 5.97 Å². The lowest BCUT2D eigenvalue weighted by atomic mass is 10.1. The van der Waals surface area contributed by atoms with Gasteiger partial charge in [0.05, 0.1) is 17.0 Å². The van der Waals surface area contributed by atoms with E-state index >= 15 is 0 Å². The zero-order valence-corrected chi connectivity index (χ0v) is 13.1. The Morgan fingerprint density at radius 1 is 1.08 bits per heavy atom. The van der Waals surface area contributed by atoms with Gasteiger partial charge in [0.25, 0.3) is 0 Å². The summed E-state index contributed by atoms with van der Waals surface area (Å²) in [5.41, 5.74) is 5.79. The molecule has 0 aliphatic carbocycles. The smallest absolute Gasteiger partial charge is 0.335 e. The van der Waals surface area contributed by atoms with Crippen LogP contribution in [0.25, 0.3) is 11.3 Å². The van der Waals surface area contributed by atoms with Crippen LogP contribution in [0.5, 0.6) is 0 Å². The van der Waals surface area contributed by atoms with Gasteiger partial charge in [-0.3, -0.25) is 10.00 Å². The number of rotatable bonds is 4. The van der Waals surface area contributed by atoms with Gasteiger partial charge >= 0.3 is 5.97 Å². The van der Waals surface area contributed by atoms with Crippen molar-refractivity contribution in [1.82, 2.24) is 15.1 Å². The Hall–Kier alpha value is -2.92. The quantitative estimate of drug-likeness (QED) is 0.774. The van der Waals surface area contributed by atoms with Gasteiger partial charge in [0.2, 0.25) is 0 Å². The van der Waals surface area contributed by atoms with Crippen LogP contribution in [0.3, 0.4) is 0 Å². The fourth-order valence-corrected chi connectivity index (χ4v) is 3.17. The van der Waals surface area contributed by atoms with E-state index in [4.69, 9.17) is 5.11 Å². The number of aromatic nitrogens is 2. The summed E-state index contributed by atoms with van der Waals surface area (Å²) in [4.78, 5) is 13.3. The maximum atomic E-state index is 11.0.